The first kappa shape index (κ1) is 20.3. The zero-order valence-corrected chi connectivity index (χ0v) is 17.9. The lowest BCUT2D eigenvalue weighted by Gasteiger charge is -2.30. The van der Waals surface area contributed by atoms with E-state index in [9.17, 15) is 9.59 Å². The van der Waals surface area contributed by atoms with Gasteiger partial charge in [0.05, 0.1) is 11.8 Å². The smallest absolute Gasteiger partial charge is 0.256 e. The number of piperidine rings is 1. The van der Waals surface area contributed by atoms with Crippen LogP contribution in [0.1, 0.15) is 34.5 Å². The number of nitrogens with zero attached hydrogens (tertiary/aromatic N) is 1. The molecule has 0 bridgehead atoms. The molecule has 0 saturated carbocycles. The first-order valence-electron chi connectivity index (χ1n) is 10.9. The largest absolute Gasteiger partial charge is 0.464 e. The molecule has 162 valence electrons. The predicted octanol–water partition coefficient (Wildman–Crippen LogP) is 4.26. The molecule has 2 N–H and O–H groups in total. The SMILES string of the molecule is CN1CCCC(NC(=O)c2cccc(-c3coc(/C=C4/C(=O)Nc5ccccc54)c3)c2)C1. The molecule has 2 aliphatic rings. The van der Waals surface area contributed by atoms with Gasteiger partial charge in [-0.05, 0) is 62.3 Å². The maximum Gasteiger partial charge on any atom is 0.256 e. The van der Waals surface area contributed by atoms with Gasteiger partial charge in [-0.2, -0.15) is 0 Å². The molecule has 3 heterocycles. The number of fused-ring (bicyclic) bond motifs is 1. The molecule has 1 fully saturated rings. The quantitative estimate of drug-likeness (QED) is 0.610. The van der Waals surface area contributed by atoms with Crippen LogP contribution in [0.15, 0.2) is 65.3 Å². The zero-order chi connectivity index (χ0) is 22.1. The summed E-state index contributed by atoms with van der Waals surface area (Å²) < 4.78 is 5.72. The molecule has 1 unspecified atom stereocenters. The van der Waals surface area contributed by atoms with Gasteiger partial charge in [-0.25, -0.2) is 0 Å². The highest BCUT2D eigenvalue weighted by atomic mass is 16.3. The average Bonchev–Trinajstić information content (AvgIpc) is 3.39. The molecule has 2 aromatic carbocycles. The number of carbonyl (C=O) groups is 2. The van der Waals surface area contributed by atoms with Gasteiger partial charge in [0.15, 0.2) is 0 Å². The Morgan fingerprint density at radius 1 is 1.16 bits per heavy atom. The number of hydrogen-bond donors (Lipinski definition) is 2. The maximum absolute atomic E-state index is 12.8. The molecule has 5 rings (SSSR count). The minimum absolute atomic E-state index is 0.0581. The first-order chi connectivity index (χ1) is 15.6. The number of furan rings is 1. The summed E-state index contributed by atoms with van der Waals surface area (Å²) in [6, 6.07) is 17.2. The summed E-state index contributed by atoms with van der Waals surface area (Å²) in [6.07, 6.45) is 5.50. The van der Waals surface area contributed by atoms with Crippen LogP contribution in [-0.4, -0.2) is 42.9 Å². The van der Waals surface area contributed by atoms with Crippen molar-refractivity contribution < 1.29 is 14.0 Å². The highest BCUT2D eigenvalue weighted by Crippen LogP contribution is 2.33. The Morgan fingerprint density at radius 2 is 2.03 bits per heavy atom. The van der Waals surface area contributed by atoms with Crippen molar-refractivity contribution in [2.75, 3.05) is 25.5 Å². The Kier molecular flexibility index (Phi) is 5.37. The number of likely N-dealkylation sites (tertiary alicyclic amines) is 1. The van der Waals surface area contributed by atoms with Gasteiger partial charge in [0, 0.05) is 35.0 Å². The third-order valence-corrected chi connectivity index (χ3v) is 6.03. The van der Waals surface area contributed by atoms with Crippen molar-refractivity contribution in [1.29, 1.82) is 0 Å². The van der Waals surface area contributed by atoms with Crippen LogP contribution in [0.3, 0.4) is 0 Å². The molecule has 2 aliphatic heterocycles. The number of likely N-dealkylation sites (N-methyl/N-ethyl adjacent to an activating group) is 1. The average molecular weight is 428 g/mol. The van der Waals surface area contributed by atoms with Crippen LogP contribution in [0.4, 0.5) is 5.69 Å². The summed E-state index contributed by atoms with van der Waals surface area (Å²) in [6.45, 7) is 1.95. The molecule has 6 heteroatoms. The second-order valence-electron chi connectivity index (χ2n) is 8.45. The molecule has 1 saturated heterocycles. The van der Waals surface area contributed by atoms with Crippen molar-refractivity contribution in [1.82, 2.24) is 10.2 Å². The summed E-state index contributed by atoms with van der Waals surface area (Å²) in [7, 11) is 2.08. The van der Waals surface area contributed by atoms with E-state index in [0.717, 1.165) is 48.3 Å². The van der Waals surface area contributed by atoms with Crippen LogP contribution in [0, 0.1) is 0 Å². The van der Waals surface area contributed by atoms with Gasteiger partial charge in [-0.15, -0.1) is 0 Å². The van der Waals surface area contributed by atoms with E-state index in [-0.39, 0.29) is 17.9 Å². The van der Waals surface area contributed by atoms with Crippen molar-refractivity contribution >= 4 is 29.2 Å². The highest BCUT2D eigenvalue weighted by Gasteiger charge is 2.24. The summed E-state index contributed by atoms with van der Waals surface area (Å²) in [5.41, 5.74) is 4.62. The number of para-hydroxylation sites is 1. The first-order valence-corrected chi connectivity index (χ1v) is 10.9. The lowest BCUT2D eigenvalue weighted by Crippen LogP contribution is -2.46. The van der Waals surface area contributed by atoms with Crippen LogP contribution in [0.25, 0.3) is 22.8 Å². The predicted molar refractivity (Wildman–Crippen MR) is 125 cm³/mol. The van der Waals surface area contributed by atoms with Crippen molar-refractivity contribution in [3.05, 3.63) is 77.7 Å². The van der Waals surface area contributed by atoms with E-state index in [0.29, 0.717) is 16.9 Å². The molecular weight excluding hydrogens is 402 g/mol. The fourth-order valence-corrected chi connectivity index (χ4v) is 4.40. The number of carbonyl (C=O) groups excluding carboxylic acids is 2. The van der Waals surface area contributed by atoms with Gasteiger partial charge in [0.25, 0.3) is 11.8 Å². The lowest BCUT2D eigenvalue weighted by molar-refractivity contribution is -0.110. The Labute approximate surface area is 186 Å². The Morgan fingerprint density at radius 3 is 2.91 bits per heavy atom. The third kappa shape index (κ3) is 4.09. The normalized spacial score (nSPS) is 19.6. The molecule has 3 aromatic rings. The Balaban J connectivity index is 1.35. The minimum Gasteiger partial charge on any atom is -0.464 e. The van der Waals surface area contributed by atoms with Gasteiger partial charge < -0.3 is 20.0 Å². The van der Waals surface area contributed by atoms with Gasteiger partial charge in [-0.1, -0.05) is 30.3 Å². The molecule has 0 spiro atoms. The van der Waals surface area contributed by atoms with E-state index in [1.807, 2.05) is 54.6 Å². The lowest BCUT2D eigenvalue weighted by atomic mass is 10.0. The zero-order valence-electron chi connectivity index (χ0n) is 17.9. The van der Waals surface area contributed by atoms with E-state index in [4.69, 9.17) is 4.42 Å². The Bertz CT molecular complexity index is 1210. The van der Waals surface area contributed by atoms with Crippen molar-refractivity contribution in [2.24, 2.45) is 0 Å². The highest BCUT2D eigenvalue weighted by molar-refractivity contribution is 6.34. The topological polar surface area (TPSA) is 74.6 Å². The van der Waals surface area contributed by atoms with Crippen molar-refractivity contribution in [2.45, 2.75) is 18.9 Å². The third-order valence-electron chi connectivity index (χ3n) is 6.03. The van der Waals surface area contributed by atoms with Crippen LogP contribution in [0.2, 0.25) is 0 Å². The van der Waals surface area contributed by atoms with E-state index in [1.54, 1.807) is 12.3 Å². The molecule has 6 nitrogen and oxygen atoms in total. The number of rotatable bonds is 4. The molecule has 1 atom stereocenters. The van der Waals surface area contributed by atoms with E-state index >= 15 is 0 Å². The fourth-order valence-electron chi connectivity index (χ4n) is 4.40. The van der Waals surface area contributed by atoms with E-state index in [1.165, 1.54) is 0 Å². The molecule has 0 radical (unpaired) electrons. The van der Waals surface area contributed by atoms with Crippen molar-refractivity contribution in [3.8, 4) is 11.1 Å². The second-order valence-corrected chi connectivity index (χ2v) is 8.45. The summed E-state index contributed by atoms with van der Waals surface area (Å²) >= 11 is 0. The molecule has 0 aliphatic carbocycles. The van der Waals surface area contributed by atoms with Crippen LogP contribution >= 0.6 is 0 Å². The van der Waals surface area contributed by atoms with Crippen molar-refractivity contribution in [3.63, 3.8) is 0 Å². The van der Waals surface area contributed by atoms with Crippen LogP contribution in [0.5, 0.6) is 0 Å². The van der Waals surface area contributed by atoms with E-state index in [2.05, 4.69) is 22.6 Å². The summed E-state index contributed by atoms with van der Waals surface area (Å²) in [4.78, 5) is 27.4. The molecular formula is C26H25N3O3. The standard InChI is InChI=1S/C26H25N3O3/c1-29-11-5-8-20(15-29)27-25(30)18-7-4-6-17(12-18)19-13-21(32-16-19)14-23-22-9-2-3-10-24(22)28-26(23)31/h2-4,6-7,9-10,12-14,16,20H,5,8,11,15H2,1H3,(H,27,30)(H,28,31)/b23-14+. The minimum atomic E-state index is -0.142. The van der Waals surface area contributed by atoms with Gasteiger partial charge in [-0.3, -0.25) is 9.59 Å². The van der Waals surface area contributed by atoms with E-state index < -0.39 is 0 Å². The number of amides is 2. The summed E-state index contributed by atoms with van der Waals surface area (Å²) in [5, 5.41) is 6.02. The van der Waals surface area contributed by atoms with Crippen LogP contribution in [-0.2, 0) is 4.79 Å². The number of hydrogen-bond acceptors (Lipinski definition) is 4. The number of nitrogens with one attached hydrogen (secondary N) is 2. The molecule has 32 heavy (non-hydrogen) atoms. The molecule has 1 aromatic heterocycles. The van der Waals surface area contributed by atoms with Gasteiger partial charge in [0.2, 0.25) is 0 Å². The number of benzene rings is 2. The summed E-state index contributed by atoms with van der Waals surface area (Å²) in [5.74, 6) is 0.385. The monoisotopic (exact) mass is 427 g/mol. The fraction of sp³-hybridized carbons (Fsp3) is 0.231. The van der Waals surface area contributed by atoms with Crippen LogP contribution < -0.4 is 10.6 Å². The van der Waals surface area contributed by atoms with Gasteiger partial charge >= 0.3 is 0 Å². The molecule has 2 amide bonds. The second kappa shape index (κ2) is 8.48. The van der Waals surface area contributed by atoms with Gasteiger partial charge in [0.1, 0.15) is 5.76 Å². The number of anilines is 1. The maximum atomic E-state index is 12.8. The Hall–Kier alpha value is -3.64.